The summed E-state index contributed by atoms with van der Waals surface area (Å²) in [5.74, 6) is 0.949. The highest BCUT2D eigenvalue weighted by Gasteiger charge is 2.22. The minimum atomic E-state index is 0.341. The van der Waals surface area contributed by atoms with Crippen LogP contribution in [0.3, 0.4) is 0 Å². The summed E-state index contributed by atoms with van der Waals surface area (Å²) in [6.07, 6.45) is 7.22. The Kier molecular flexibility index (Phi) is 6.28. The lowest BCUT2D eigenvalue weighted by molar-refractivity contribution is 0.313. The van der Waals surface area contributed by atoms with Crippen molar-refractivity contribution < 1.29 is 4.74 Å². The highest BCUT2D eigenvalue weighted by Crippen LogP contribution is 2.33. The Bertz CT molecular complexity index is 1070. The number of methoxy groups -OCH3 is 1. The second-order valence-electron chi connectivity index (χ2n) is 9.10. The van der Waals surface area contributed by atoms with E-state index in [0.29, 0.717) is 23.9 Å². The van der Waals surface area contributed by atoms with Crippen LogP contribution in [0.5, 0.6) is 5.88 Å². The van der Waals surface area contributed by atoms with Crippen molar-refractivity contribution >= 4 is 11.2 Å². The van der Waals surface area contributed by atoms with Gasteiger partial charge in [0.25, 0.3) is 0 Å². The van der Waals surface area contributed by atoms with E-state index in [1.165, 1.54) is 19.3 Å². The van der Waals surface area contributed by atoms with Gasteiger partial charge in [0.15, 0.2) is 5.65 Å². The van der Waals surface area contributed by atoms with Crippen LogP contribution in [0.25, 0.3) is 22.4 Å². The highest BCUT2D eigenvalue weighted by molar-refractivity contribution is 5.81. The van der Waals surface area contributed by atoms with Gasteiger partial charge < -0.3 is 14.6 Å². The molecule has 1 N–H and O–H groups in total. The molecule has 1 unspecified atom stereocenters. The summed E-state index contributed by atoms with van der Waals surface area (Å²) in [6.45, 7) is 11.6. The Balaban J connectivity index is 1.73. The topological polar surface area (TPSA) is 64.9 Å². The first kappa shape index (κ1) is 21.8. The maximum Gasteiger partial charge on any atom is 0.222 e. The van der Waals surface area contributed by atoms with Crippen molar-refractivity contribution in [2.45, 2.75) is 78.3 Å². The fourth-order valence-electron chi connectivity index (χ4n) is 4.28. The first-order valence-corrected chi connectivity index (χ1v) is 11.6. The molecule has 1 aliphatic carbocycles. The first-order valence-electron chi connectivity index (χ1n) is 11.6. The zero-order valence-electron chi connectivity index (χ0n) is 19.7. The number of aromatic nitrogens is 4. The van der Waals surface area contributed by atoms with Crippen LogP contribution in [0.1, 0.15) is 75.4 Å². The van der Waals surface area contributed by atoms with Crippen molar-refractivity contribution in [1.82, 2.24) is 24.8 Å². The molecule has 166 valence electrons. The highest BCUT2D eigenvalue weighted by atomic mass is 16.5. The van der Waals surface area contributed by atoms with Crippen molar-refractivity contribution in [3.63, 3.8) is 0 Å². The zero-order valence-corrected chi connectivity index (χ0v) is 19.7. The summed E-state index contributed by atoms with van der Waals surface area (Å²) >= 11 is 0. The molecule has 6 nitrogen and oxygen atoms in total. The molecule has 3 aromatic heterocycles. The van der Waals surface area contributed by atoms with Crippen molar-refractivity contribution in [2.75, 3.05) is 13.7 Å². The summed E-state index contributed by atoms with van der Waals surface area (Å²) in [4.78, 5) is 14.8. The van der Waals surface area contributed by atoms with Gasteiger partial charge in [0.05, 0.1) is 24.1 Å². The number of hydrogen-bond acceptors (Lipinski definition) is 5. The lowest BCUT2D eigenvalue weighted by Gasteiger charge is -2.29. The molecule has 0 saturated heterocycles. The minimum absolute atomic E-state index is 0.341. The van der Waals surface area contributed by atoms with Crippen molar-refractivity contribution in [3.8, 4) is 17.1 Å². The smallest absolute Gasteiger partial charge is 0.222 e. The van der Waals surface area contributed by atoms with Gasteiger partial charge in [-0.15, -0.1) is 0 Å². The molecule has 0 spiro atoms. The fraction of sp³-hybridized carbons (Fsp3) is 0.560. The number of ether oxygens (including phenoxy) is 1. The standard InChI is InChI=1S/C25H35N5O/c1-7-19(13-26-18-9-8-10-18)30-14-16(4)22-24(30)27-17(5)23(29-22)20-11-12-21(15(2)3)28-25(20)31-6/h11-12,14-15,18-19,26H,7-10,13H2,1-6H3. The van der Waals surface area contributed by atoms with Crippen molar-refractivity contribution in [2.24, 2.45) is 0 Å². The summed E-state index contributed by atoms with van der Waals surface area (Å²) in [5.41, 5.74) is 6.71. The van der Waals surface area contributed by atoms with E-state index >= 15 is 0 Å². The number of pyridine rings is 1. The van der Waals surface area contributed by atoms with Crippen LogP contribution in [-0.4, -0.2) is 39.2 Å². The molecule has 0 aliphatic heterocycles. The number of aryl methyl sites for hydroxylation is 2. The summed E-state index contributed by atoms with van der Waals surface area (Å²) < 4.78 is 7.94. The van der Waals surface area contributed by atoms with Gasteiger partial charge in [-0.2, -0.15) is 0 Å². The average molecular weight is 422 g/mol. The van der Waals surface area contributed by atoms with E-state index in [0.717, 1.165) is 52.3 Å². The molecule has 3 heterocycles. The number of rotatable bonds is 8. The van der Waals surface area contributed by atoms with Gasteiger partial charge >= 0.3 is 0 Å². The number of fused-ring (bicyclic) bond motifs is 1. The molecular weight excluding hydrogens is 386 g/mol. The van der Waals surface area contributed by atoms with E-state index in [1.54, 1.807) is 7.11 Å². The molecule has 0 radical (unpaired) electrons. The van der Waals surface area contributed by atoms with Crippen LogP contribution in [0.2, 0.25) is 0 Å². The monoisotopic (exact) mass is 421 g/mol. The van der Waals surface area contributed by atoms with E-state index in [9.17, 15) is 0 Å². The van der Waals surface area contributed by atoms with Gasteiger partial charge in [-0.1, -0.05) is 27.2 Å². The van der Waals surface area contributed by atoms with Crippen LogP contribution in [0.4, 0.5) is 0 Å². The lowest BCUT2D eigenvalue weighted by Crippen LogP contribution is -2.38. The van der Waals surface area contributed by atoms with E-state index in [2.05, 4.69) is 55.9 Å². The molecule has 4 rings (SSSR count). The summed E-state index contributed by atoms with van der Waals surface area (Å²) in [6, 6.07) is 5.18. The van der Waals surface area contributed by atoms with Gasteiger partial charge in [-0.3, -0.25) is 0 Å². The molecule has 1 fully saturated rings. The Hall–Kier alpha value is -2.47. The molecule has 6 heteroatoms. The molecule has 0 amide bonds. The van der Waals surface area contributed by atoms with Gasteiger partial charge in [-0.25, -0.2) is 15.0 Å². The van der Waals surface area contributed by atoms with E-state index in [-0.39, 0.29) is 0 Å². The maximum atomic E-state index is 5.63. The largest absolute Gasteiger partial charge is 0.480 e. The fourth-order valence-corrected chi connectivity index (χ4v) is 4.28. The van der Waals surface area contributed by atoms with E-state index in [1.807, 2.05) is 6.92 Å². The molecule has 31 heavy (non-hydrogen) atoms. The number of nitrogens with one attached hydrogen (secondary N) is 1. The second kappa shape index (κ2) is 8.95. The maximum absolute atomic E-state index is 5.63. The summed E-state index contributed by atoms with van der Waals surface area (Å²) in [5, 5.41) is 3.73. The predicted molar refractivity (Wildman–Crippen MR) is 126 cm³/mol. The van der Waals surface area contributed by atoms with Crippen LogP contribution in [-0.2, 0) is 0 Å². The van der Waals surface area contributed by atoms with E-state index in [4.69, 9.17) is 19.7 Å². The number of hydrogen-bond donors (Lipinski definition) is 1. The Morgan fingerprint density at radius 3 is 2.55 bits per heavy atom. The normalized spacial score (nSPS) is 15.5. The van der Waals surface area contributed by atoms with Crippen molar-refractivity contribution in [3.05, 3.63) is 35.3 Å². The van der Waals surface area contributed by atoms with Gasteiger partial charge in [0.1, 0.15) is 5.52 Å². The SMILES string of the molecule is CCC(CNC1CCC1)n1cc(C)c2nc(-c3ccc(C(C)C)nc3OC)c(C)nc21. The molecule has 0 aromatic carbocycles. The quantitative estimate of drug-likeness (QED) is 0.532. The molecular formula is C25H35N5O. The molecule has 1 atom stereocenters. The number of nitrogens with zero attached hydrogens (tertiary/aromatic N) is 4. The predicted octanol–water partition coefficient (Wildman–Crippen LogP) is 5.34. The first-order chi connectivity index (χ1) is 14.9. The van der Waals surface area contributed by atoms with Crippen LogP contribution < -0.4 is 10.1 Å². The summed E-state index contributed by atoms with van der Waals surface area (Å²) in [7, 11) is 1.67. The third-order valence-electron chi connectivity index (χ3n) is 6.54. The van der Waals surface area contributed by atoms with Gasteiger partial charge in [0, 0.05) is 30.5 Å². The molecule has 1 aliphatic rings. The van der Waals surface area contributed by atoms with Crippen LogP contribution in [0, 0.1) is 13.8 Å². The van der Waals surface area contributed by atoms with Crippen LogP contribution in [0.15, 0.2) is 18.3 Å². The second-order valence-corrected chi connectivity index (χ2v) is 9.10. The minimum Gasteiger partial charge on any atom is -0.480 e. The van der Waals surface area contributed by atoms with Crippen LogP contribution >= 0.6 is 0 Å². The van der Waals surface area contributed by atoms with Gasteiger partial charge in [0.2, 0.25) is 5.88 Å². The Morgan fingerprint density at radius 1 is 1.16 bits per heavy atom. The average Bonchev–Trinajstić information content (AvgIpc) is 3.04. The molecule has 0 bridgehead atoms. The third-order valence-corrected chi connectivity index (χ3v) is 6.54. The lowest BCUT2D eigenvalue weighted by atomic mass is 9.93. The molecule has 3 aromatic rings. The zero-order chi connectivity index (χ0) is 22.1. The van der Waals surface area contributed by atoms with E-state index < -0.39 is 0 Å². The Morgan fingerprint density at radius 2 is 1.94 bits per heavy atom. The third kappa shape index (κ3) is 4.18. The van der Waals surface area contributed by atoms with Crippen molar-refractivity contribution in [1.29, 1.82) is 0 Å². The molecule has 1 saturated carbocycles. The Labute approximate surface area is 185 Å². The van der Waals surface area contributed by atoms with Gasteiger partial charge in [-0.05, 0) is 56.7 Å².